The third-order valence-corrected chi connectivity index (χ3v) is 1.53. The summed E-state index contributed by atoms with van der Waals surface area (Å²) in [6, 6.07) is 0.333. The molecule has 0 saturated heterocycles. The molecular weight excluding hydrogens is 126 g/mol. The maximum atomic E-state index is 9.95. The SMILES string of the molecule is CC(C)CC[C@@H](C)NC=O. The van der Waals surface area contributed by atoms with Crippen molar-refractivity contribution in [2.75, 3.05) is 0 Å². The summed E-state index contributed by atoms with van der Waals surface area (Å²) in [5.41, 5.74) is 0. The Kier molecular flexibility index (Phi) is 4.99. The van der Waals surface area contributed by atoms with Crippen LogP contribution in [0.4, 0.5) is 0 Å². The topological polar surface area (TPSA) is 29.1 Å². The Bertz CT molecular complexity index is 91.3. The van der Waals surface area contributed by atoms with Gasteiger partial charge in [0.15, 0.2) is 0 Å². The number of carbonyl (C=O) groups is 1. The van der Waals surface area contributed by atoms with Gasteiger partial charge < -0.3 is 5.32 Å². The van der Waals surface area contributed by atoms with Gasteiger partial charge in [-0.15, -0.1) is 0 Å². The highest BCUT2D eigenvalue weighted by atomic mass is 16.1. The van der Waals surface area contributed by atoms with Gasteiger partial charge in [0.05, 0.1) is 0 Å². The molecule has 0 aliphatic carbocycles. The van der Waals surface area contributed by atoms with Crippen molar-refractivity contribution in [3.63, 3.8) is 0 Å². The zero-order chi connectivity index (χ0) is 7.98. The standard InChI is InChI=1S/C8H17NO/c1-7(2)4-5-8(3)9-6-10/h6-8H,4-5H2,1-3H3,(H,9,10)/t8-/m1/s1. The van der Waals surface area contributed by atoms with Crippen molar-refractivity contribution in [3.8, 4) is 0 Å². The third-order valence-electron chi connectivity index (χ3n) is 1.53. The molecule has 0 saturated carbocycles. The average molecular weight is 143 g/mol. The van der Waals surface area contributed by atoms with Crippen LogP contribution in [0.25, 0.3) is 0 Å². The molecule has 0 bridgehead atoms. The Morgan fingerprint density at radius 3 is 2.30 bits per heavy atom. The van der Waals surface area contributed by atoms with Gasteiger partial charge in [-0.2, -0.15) is 0 Å². The molecular formula is C8H17NO. The highest BCUT2D eigenvalue weighted by molar-refractivity contribution is 5.46. The lowest BCUT2D eigenvalue weighted by Crippen LogP contribution is -2.24. The Labute approximate surface area is 63.0 Å². The molecule has 0 fully saturated rings. The molecule has 2 heteroatoms. The minimum Gasteiger partial charge on any atom is -0.356 e. The molecule has 1 amide bonds. The summed E-state index contributed by atoms with van der Waals surface area (Å²) in [6.45, 7) is 6.40. The summed E-state index contributed by atoms with van der Waals surface area (Å²) < 4.78 is 0. The second kappa shape index (κ2) is 5.27. The molecule has 0 radical (unpaired) electrons. The van der Waals surface area contributed by atoms with Crippen molar-refractivity contribution in [1.29, 1.82) is 0 Å². The molecule has 0 heterocycles. The number of nitrogens with one attached hydrogen (secondary N) is 1. The van der Waals surface area contributed by atoms with Gasteiger partial charge in [0.1, 0.15) is 0 Å². The normalized spacial score (nSPS) is 13.2. The molecule has 0 aromatic carbocycles. The van der Waals surface area contributed by atoms with Crippen LogP contribution in [0.1, 0.15) is 33.6 Å². The van der Waals surface area contributed by atoms with E-state index in [0.717, 1.165) is 18.7 Å². The van der Waals surface area contributed by atoms with Gasteiger partial charge in [0.2, 0.25) is 6.41 Å². The smallest absolute Gasteiger partial charge is 0.207 e. The summed E-state index contributed by atoms with van der Waals surface area (Å²) in [6.07, 6.45) is 3.03. The molecule has 0 aliphatic heterocycles. The number of amides is 1. The van der Waals surface area contributed by atoms with E-state index >= 15 is 0 Å². The van der Waals surface area contributed by atoms with E-state index in [1.54, 1.807) is 0 Å². The third kappa shape index (κ3) is 5.60. The molecule has 10 heavy (non-hydrogen) atoms. The molecule has 0 aromatic heterocycles. The first-order valence-electron chi connectivity index (χ1n) is 3.86. The fraction of sp³-hybridized carbons (Fsp3) is 0.875. The van der Waals surface area contributed by atoms with Crippen LogP contribution in [0.15, 0.2) is 0 Å². The predicted molar refractivity (Wildman–Crippen MR) is 42.7 cm³/mol. The predicted octanol–water partition coefficient (Wildman–Crippen LogP) is 1.56. The maximum absolute atomic E-state index is 9.95. The van der Waals surface area contributed by atoms with Crippen molar-refractivity contribution < 1.29 is 4.79 Å². The van der Waals surface area contributed by atoms with E-state index in [-0.39, 0.29) is 0 Å². The molecule has 0 aromatic rings. The van der Waals surface area contributed by atoms with Crippen LogP contribution in [0.2, 0.25) is 0 Å². The van der Waals surface area contributed by atoms with Crippen LogP contribution >= 0.6 is 0 Å². The summed E-state index contributed by atoms with van der Waals surface area (Å²) in [5.74, 6) is 0.732. The van der Waals surface area contributed by atoms with Crippen molar-refractivity contribution in [2.45, 2.75) is 39.7 Å². The summed E-state index contributed by atoms with van der Waals surface area (Å²) in [4.78, 5) is 9.95. The van der Waals surface area contributed by atoms with E-state index in [1.807, 2.05) is 6.92 Å². The van der Waals surface area contributed by atoms with Crippen molar-refractivity contribution in [2.24, 2.45) is 5.92 Å². The molecule has 1 N–H and O–H groups in total. The van der Waals surface area contributed by atoms with Crippen LogP contribution in [-0.4, -0.2) is 12.5 Å². The van der Waals surface area contributed by atoms with Gasteiger partial charge in [-0.3, -0.25) is 4.79 Å². The Morgan fingerprint density at radius 2 is 1.90 bits per heavy atom. The zero-order valence-electron chi connectivity index (χ0n) is 7.05. The molecule has 0 rings (SSSR count). The van der Waals surface area contributed by atoms with Crippen LogP contribution in [0.3, 0.4) is 0 Å². The van der Waals surface area contributed by atoms with E-state index in [2.05, 4.69) is 19.2 Å². The average Bonchev–Trinajstić information content (AvgIpc) is 1.85. The van der Waals surface area contributed by atoms with Gasteiger partial charge in [-0.05, 0) is 25.7 Å². The first-order chi connectivity index (χ1) is 4.66. The van der Waals surface area contributed by atoms with Gasteiger partial charge in [-0.1, -0.05) is 13.8 Å². The molecule has 1 atom stereocenters. The Hall–Kier alpha value is -0.530. The van der Waals surface area contributed by atoms with Crippen LogP contribution in [0.5, 0.6) is 0 Å². The lowest BCUT2D eigenvalue weighted by molar-refractivity contribution is -0.110. The van der Waals surface area contributed by atoms with Crippen LogP contribution in [-0.2, 0) is 4.79 Å². The summed E-state index contributed by atoms with van der Waals surface area (Å²) in [5, 5.41) is 2.72. The molecule has 60 valence electrons. The summed E-state index contributed by atoms with van der Waals surface area (Å²) >= 11 is 0. The second-order valence-electron chi connectivity index (χ2n) is 3.16. The maximum Gasteiger partial charge on any atom is 0.207 e. The van der Waals surface area contributed by atoms with E-state index in [9.17, 15) is 4.79 Å². The fourth-order valence-electron chi connectivity index (χ4n) is 0.783. The van der Waals surface area contributed by atoms with Gasteiger partial charge in [0, 0.05) is 6.04 Å². The van der Waals surface area contributed by atoms with Crippen LogP contribution < -0.4 is 5.32 Å². The van der Waals surface area contributed by atoms with E-state index in [4.69, 9.17) is 0 Å². The minimum atomic E-state index is 0.333. The van der Waals surface area contributed by atoms with Crippen molar-refractivity contribution in [1.82, 2.24) is 5.32 Å². The Morgan fingerprint density at radius 1 is 1.30 bits per heavy atom. The number of rotatable bonds is 5. The first-order valence-corrected chi connectivity index (χ1v) is 3.86. The van der Waals surface area contributed by atoms with Crippen molar-refractivity contribution >= 4 is 6.41 Å². The highest BCUT2D eigenvalue weighted by Gasteiger charge is 2.00. The number of hydrogen-bond acceptors (Lipinski definition) is 1. The monoisotopic (exact) mass is 143 g/mol. The van der Waals surface area contributed by atoms with Crippen LogP contribution in [0, 0.1) is 5.92 Å². The quantitative estimate of drug-likeness (QED) is 0.581. The van der Waals surface area contributed by atoms with Gasteiger partial charge >= 0.3 is 0 Å². The van der Waals surface area contributed by atoms with Gasteiger partial charge in [-0.25, -0.2) is 0 Å². The molecule has 0 aliphatic rings. The largest absolute Gasteiger partial charge is 0.356 e. The highest BCUT2D eigenvalue weighted by Crippen LogP contribution is 2.05. The van der Waals surface area contributed by atoms with E-state index in [0.29, 0.717) is 6.04 Å². The van der Waals surface area contributed by atoms with Crippen molar-refractivity contribution in [3.05, 3.63) is 0 Å². The number of hydrogen-bond donors (Lipinski definition) is 1. The molecule has 2 nitrogen and oxygen atoms in total. The lowest BCUT2D eigenvalue weighted by atomic mass is 10.0. The molecule has 0 unspecified atom stereocenters. The summed E-state index contributed by atoms with van der Waals surface area (Å²) in [7, 11) is 0. The fourth-order valence-corrected chi connectivity index (χ4v) is 0.783. The lowest BCUT2D eigenvalue weighted by Gasteiger charge is -2.10. The number of carbonyl (C=O) groups excluding carboxylic acids is 1. The van der Waals surface area contributed by atoms with E-state index in [1.165, 1.54) is 6.42 Å². The zero-order valence-corrected chi connectivity index (χ0v) is 7.05. The van der Waals surface area contributed by atoms with E-state index < -0.39 is 0 Å². The Balaban J connectivity index is 3.20. The first kappa shape index (κ1) is 9.47. The molecule has 0 spiro atoms. The van der Waals surface area contributed by atoms with Gasteiger partial charge in [0.25, 0.3) is 0 Å². The minimum absolute atomic E-state index is 0.333. The second-order valence-corrected chi connectivity index (χ2v) is 3.16.